The van der Waals surface area contributed by atoms with Crippen LogP contribution in [0, 0.1) is 13.8 Å². The number of hydrogen-bond acceptors (Lipinski definition) is 6. The summed E-state index contributed by atoms with van der Waals surface area (Å²) in [5, 5.41) is 1.14. The van der Waals surface area contributed by atoms with E-state index in [1.165, 1.54) is 5.57 Å². The molecule has 0 aliphatic carbocycles. The molecule has 1 amide bonds. The topological polar surface area (TPSA) is 58.6 Å². The summed E-state index contributed by atoms with van der Waals surface area (Å²) < 4.78 is 5.41. The SMILES string of the molecule is C/C=C(\C)CN1C[C@H](Sc2nc(C)cc(C)n2)C[C@H]1C(=O)N1CCOCC1. The first kappa shape index (κ1) is 20.3. The van der Waals surface area contributed by atoms with Gasteiger partial charge in [0.25, 0.3) is 0 Å². The molecular weight excluding hydrogens is 360 g/mol. The van der Waals surface area contributed by atoms with E-state index in [9.17, 15) is 4.79 Å². The van der Waals surface area contributed by atoms with E-state index in [0.717, 1.165) is 36.1 Å². The molecular formula is C20H30N4O2S. The van der Waals surface area contributed by atoms with Crippen molar-refractivity contribution in [1.82, 2.24) is 19.8 Å². The number of amides is 1. The van der Waals surface area contributed by atoms with Crippen LogP contribution in [0.4, 0.5) is 0 Å². The molecule has 2 saturated heterocycles. The normalized spacial score (nSPS) is 24.4. The Kier molecular flexibility index (Phi) is 6.89. The minimum atomic E-state index is -0.0681. The molecule has 27 heavy (non-hydrogen) atoms. The first-order valence-corrected chi connectivity index (χ1v) is 10.6. The van der Waals surface area contributed by atoms with Crippen LogP contribution < -0.4 is 0 Å². The molecule has 2 atom stereocenters. The van der Waals surface area contributed by atoms with Crippen LogP contribution in [-0.4, -0.2) is 76.4 Å². The van der Waals surface area contributed by atoms with Crippen molar-refractivity contribution in [2.75, 3.05) is 39.4 Å². The smallest absolute Gasteiger partial charge is 0.240 e. The van der Waals surface area contributed by atoms with Crippen LogP contribution in [0.25, 0.3) is 0 Å². The molecule has 0 radical (unpaired) electrons. The lowest BCUT2D eigenvalue weighted by molar-refractivity contribution is -0.139. The Morgan fingerprint density at radius 2 is 1.96 bits per heavy atom. The van der Waals surface area contributed by atoms with Gasteiger partial charge in [-0.3, -0.25) is 9.69 Å². The van der Waals surface area contributed by atoms with Gasteiger partial charge < -0.3 is 9.64 Å². The largest absolute Gasteiger partial charge is 0.378 e. The van der Waals surface area contributed by atoms with Crippen molar-refractivity contribution in [1.29, 1.82) is 0 Å². The van der Waals surface area contributed by atoms with E-state index in [1.807, 2.05) is 24.8 Å². The molecule has 6 nitrogen and oxygen atoms in total. The highest BCUT2D eigenvalue weighted by Gasteiger charge is 2.39. The minimum Gasteiger partial charge on any atom is -0.378 e. The van der Waals surface area contributed by atoms with Crippen LogP contribution in [0.1, 0.15) is 31.7 Å². The number of carbonyl (C=O) groups is 1. The van der Waals surface area contributed by atoms with E-state index in [4.69, 9.17) is 4.74 Å². The first-order chi connectivity index (χ1) is 13.0. The Labute approximate surface area is 166 Å². The fourth-order valence-corrected chi connectivity index (χ4v) is 4.92. The second-order valence-electron chi connectivity index (χ2n) is 7.43. The molecule has 0 bridgehead atoms. The number of ether oxygens (including phenoxy) is 1. The van der Waals surface area contributed by atoms with Crippen LogP contribution in [0.5, 0.6) is 0 Å². The highest BCUT2D eigenvalue weighted by molar-refractivity contribution is 7.99. The molecule has 0 unspecified atom stereocenters. The van der Waals surface area contributed by atoms with Gasteiger partial charge in [-0.25, -0.2) is 9.97 Å². The van der Waals surface area contributed by atoms with Crippen molar-refractivity contribution in [2.24, 2.45) is 0 Å². The highest BCUT2D eigenvalue weighted by Crippen LogP contribution is 2.32. The standard InChI is InChI=1S/C20H30N4O2S/c1-5-14(2)12-24-13-17(27-20-21-15(3)10-16(4)22-20)11-18(24)19(25)23-6-8-26-9-7-23/h5,10,17-18H,6-9,11-13H2,1-4H3/b14-5+/t17-,18+/m1/s1. The summed E-state index contributed by atoms with van der Waals surface area (Å²) in [6.07, 6.45) is 2.97. The number of hydrogen-bond donors (Lipinski definition) is 0. The summed E-state index contributed by atoms with van der Waals surface area (Å²) in [6.45, 7) is 12.6. The monoisotopic (exact) mass is 390 g/mol. The summed E-state index contributed by atoms with van der Waals surface area (Å²) in [6, 6.07) is 1.92. The van der Waals surface area contributed by atoms with E-state index in [-0.39, 0.29) is 11.9 Å². The van der Waals surface area contributed by atoms with Crippen molar-refractivity contribution in [2.45, 2.75) is 50.6 Å². The molecule has 0 aromatic carbocycles. The van der Waals surface area contributed by atoms with Gasteiger partial charge in [-0.15, -0.1) is 0 Å². The van der Waals surface area contributed by atoms with Gasteiger partial charge in [-0.2, -0.15) is 0 Å². The van der Waals surface area contributed by atoms with Crippen LogP contribution in [0.3, 0.4) is 0 Å². The van der Waals surface area contributed by atoms with Gasteiger partial charge in [0.2, 0.25) is 5.91 Å². The van der Waals surface area contributed by atoms with Gasteiger partial charge in [0.15, 0.2) is 5.16 Å². The van der Waals surface area contributed by atoms with Crippen molar-refractivity contribution in [3.05, 3.63) is 29.1 Å². The van der Waals surface area contributed by atoms with E-state index in [1.54, 1.807) is 11.8 Å². The number of carbonyl (C=O) groups excluding carboxylic acids is 1. The highest BCUT2D eigenvalue weighted by atomic mass is 32.2. The number of allylic oxidation sites excluding steroid dienone is 1. The zero-order valence-electron chi connectivity index (χ0n) is 16.8. The van der Waals surface area contributed by atoms with Gasteiger partial charge in [0.1, 0.15) is 0 Å². The fraction of sp³-hybridized carbons (Fsp3) is 0.650. The third-order valence-electron chi connectivity index (χ3n) is 5.15. The average molecular weight is 391 g/mol. The number of nitrogens with zero attached hydrogens (tertiary/aromatic N) is 4. The summed E-state index contributed by atoms with van der Waals surface area (Å²) in [4.78, 5) is 26.6. The second kappa shape index (κ2) is 9.17. The molecule has 0 saturated carbocycles. The molecule has 2 fully saturated rings. The molecule has 7 heteroatoms. The van der Waals surface area contributed by atoms with Crippen LogP contribution in [-0.2, 0) is 9.53 Å². The molecule has 1 aromatic rings. The van der Waals surface area contributed by atoms with Gasteiger partial charge >= 0.3 is 0 Å². The maximum atomic E-state index is 13.2. The first-order valence-electron chi connectivity index (χ1n) is 9.67. The Balaban J connectivity index is 1.72. The molecule has 2 aliphatic heterocycles. The van der Waals surface area contributed by atoms with Crippen molar-refractivity contribution >= 4 is 17.7 Å². The lowest BCUT2D eigenvalue weighted by atomic mass is 10.1. The Hall–Kier alpha value is -1.44. The number of rotatable bonds is 5. The van der Waals surface area contributed by atoms with E-state index in [2.05, 4.69) is 34.8 Å². The maximum Gasteiger partial charge on any atom is 0.240 e. The lowest BCUT2D eigenvalue weighted by Crippen LogP contribution is -2.49. The van der Waals surface area contributed by atoms with Gasteiger partial charge in [0, 0.05) is 42.8 Å². The fourth-order valence-electron chi connectivity index (χ4n) is 3.68. The van der Waals surface area contributed by atoms with Crippen molar-refractivity contribution < 1.29 is 9.53 Å². The van der Waals surface area contributed by atoms with Crippen LogP contribution in [0.2, 0.25) is 0 Å². The Morgan fingerprint density at radius 3 is 2.59 bits per heavy atom. The second-order valence-corrected chi connectivity index (χ2v) is 8.69. The van der Waals surface area contributed by atoms with Gasteiger partial charge in [-0.05, 0) is 40.2 Å². The quantitative estimate of drug-likeness (QED) is 0.569. The van der Waals surface area contributed by atoms with E-state index >= 15 is 0 Å². The predicted molar refractivity (Wildman–Crippen MR) is 108 cm³/mol. The van der Waals surface area contributed by atoms with E-state index < -0.39 is 0 Å². The number of aryl methyl sites for hydroxylation is 2. The molecule has 3 heterocycles. The number of thioether (sulfide) groups is 1. The number of aromatic nitrogens is 2. The molecule has 2 aliphatic rings. The molecule has 0 spiro atoms. The molecule has 3 rings (SSSR count). The van der Waals surface area contributed by atoms with Gasteiger partial charge in [0.05, 0.1) is 19.3 Å². The molecule has 1 aromatic heterocycles. The maximum absolute atomic E-state index is 13.2. The van der Waals surface area contributed by atoms with Gasteiger partial charge in [-0.1, -0.05) is 23.4 Å². The zero-order valence-corrected chi connectivity index (χ0v) is 17.6. The van der Waals surface area contributed by atoms with Crippen molar-refractivity contribution in [3.8, 4) is 0 Å². The summed E-state index contributed by atoms with van der Waals surface area (Å²) in [7, 11) is 0. The lowest BCUT2D eigenvalue weighted by Gasteiger charge is -2.32. The third kappa shape index (κ3) is 5.30. The summed E-state index contributed by atoms with van der Waals surface area (Å²) >= 11 is 1.71. The van der Waals surface area contributed by atoms with E-state index in [0.29, 0.717) is 31.6 Å². The Morgan fingerprint density at radius 1 is 1.30 bits per heavy atom. The summed E-state index contributed by atoms with van der Waals surface area (Å²) in [5.41, 5.74) is 3.28. The number of morpholine rings is 1. The van der Waals surface area contributed by atoms with Crippen LogP contribution >= 0.6 is 11.8 Å². The van der Waals surface area contributed by atoms with Crippen molar-refractivity contribution in [3.63, 3.8) is 0 Å². The summed E-state index contributed by atoms with van der Waals surface area (Å²) in [5.74, 6) is 0.242. The molecule has 0 N–H and O–H groups in total. The number of likely N-dealkylation sites (tertiary alicyclic amines) is 1. The average Bonchev–Trinajstić information content (AvgIpc) is 3.02. The third-order valence-corrected chi connectivity index (χ3v) is 6.22. The molecule has 148 valence electrons. The predicted octanol–water partition coefficient (Wildman–Crippen LogP) is 2.45. The zero-order chi connectivity index (χ0) is 19.4. The Bertz CT molecular complexity index is 683. The van der Waals surface area contributed by atoms with Crippen LogP contribution in [0.15, 0.2) is 22.9 Å². The minimum absolute atomic E-state index is 0.0681.